The molecule has 6 rings (SSSR count). The van der Waals surface area contributed by atoms with Crippen molar-refractivity contribution in [2.24, 2.45) is 0 Å². The van der Waals surface area contributed by atoms with E-state index in [2.05, 4.69) is 27.3 Å². The highest BCUT2D eigenvalue weighted by Gasteiger charge is 2.41. The van der Waals surface area contributed by atoms with Crippen molar-refractivity contribution in [2.45, 2.75) is 56.5 Å². The van der Waals surface area contributed by atoms with Crippen molar-refractivity contribution in [1.82, 2.24) is 15.2 Å². The highest BCUT2D eigenvalue weighted by atomic mass is 16.7. The molecular weight excluding hydrogens is 430 g/mol. The fourth-order valence-corrected chi connectivity index (χ4v) is 5.91. The molecule has 178 valence electrons. The zero-order valence-corrected chi connectivity index (χ0v) is 19.4. The minimum Gasteiger partial charge on any atom is -0.497 e. The lowest BCUT2D eigenvalue weighted by Gasteiger charge is -2.40. The molecule has 3 aromatic rings. The van der Waals surface area contributed by atoms with Gasteiger partial charge in [0.25, 0.3) is 0 Å². The van der Waals surface area contributed by atoms with E-state index in [4.69, 9.17) is 14.2 Å². The summed E-state index contributed by atoms with van der Waals surface area (Å²) in [4.78, 5) is 7.00. The Hall–Kier alpha value is -2.87. The van der Waals surface area contributed by atoms with E-state index >= 15 is 0 Å². The van der Waals surface area contributed by atoms with Gasteiger partial charge in [0.15, 0.2) is 11.5 Å². The second-order valence-electron chi connectivity index (χ2n) is 9.62. The maximum Gasteiger partial charge on any atom is 0.231 e. The standard InChI is InChI=1S/C27H31N3O4/c1-32-21-5-6-24-23(13-21)22(8-9-28-24)25(31)15-30-19-3-4-20(30)12-18(11-19)29-14-17-2-7-26-27(10-17)34-16-33-26/h2,5-10,13,18-20,25,29,31H,3-4,11-12,14-16H2,1H3. The van der Waals surface area contributed by atoms with E-state index in [1.165, 1.54) is 18.4 Å². The molecule has 0 radical (unpaired) electrons. The lowest BCUT2D eigenvalue weighted by molar-refractivity contribution is 0.0522. The van der Waals surface area contributed by atoms with Crippen LogP contribution in [0.2, 0.25) is 0 Å². The van der Waals surface area contributed by atoms with Crippen LogP contribution in [0.1, 0.15) is 42.9 Å². The molecular formula is C27H31N3O4. The average Bonchev–Trinajstić information content (AvgIpc) is 3.42. The van der Waals surface area contributed by atoms with Gasteiger partial charge in [0.1, 0.15) is 5.75 Å². The number of ether oxygens (including phenoxy) is 3. The molecule has 2 bridgehead atoms. The molecule has 2 saturated heterocycles. The Balaban J connectivity index is 1.10. The molecule has 34 heavy (non-hydrogen) atoms. The summed E-state index contributed by atoms with van der Waals surface area (Å²) in [6.45, 7) is 1.79. The van der Waals surface area contributed by atoms with Gasteiger partial charge in [-0.2, -0.15) is 0 Å². The predicted molar refractivity (Wildman–Crippen MR) is 129 cm³/mol. The highest BCUT2D eigenvalue weighted by Crippen LogP contribution is 2.38. The van der Waals surface area contributed by atoms with Crippen molar-refractivity contribution in [3.05, 3.63) is 59.8 Å². The largest absolute Gasteiger partial charge is 0.497 e. The topological polar surface area (TPSA) is 76.1 Å². The van der Waals surface area contributed by atoms with Crippen LogP contribution in [0.4, 0.5) is 0 Å². The van der Waals surface area contributed by atoms with Gasteiger partial charge in [-0.15, -0.1) is 0 Å². The third kappa shape index (κ3) is 4.08. The van der Waals surface area contributed by atoms with Crippen LogP contribution in [0, 0.1) is 0 Å². The number of aliphatic hydroxyl groups is 1. The molecule has 3 unspecified atom stereocenters. The Kier molecular flexibility index (Phi) is 5.77. The first-order valence-electron chi connectivity index (χ1n) is 12.2. The summed E-state index contributed by atoms with van der Waals surface area (Å²) in [6.07, 6.45) is 5.85. The van der Waals surface area contributed by atoms with Gasteiger partial charge in [0.05, 0.1) is 18.7 Å². The molecule has 0 aliphatic carbocycles. The number of benzene rings is 2. The second-order valence-corrected chi connectivity index (χ2v) is 9.62. The predicted octanol–water partition coefficient (Wildman–Crippen LogP) is 3.79. The number of nitrogens with zero attached hydrogens (tertiary/aromatic N) is 2. The summed E-state index contributed by atoms with van der Waals surface area (Å²) in [5, 5.41) is 16.0. The van der Waals surface area contributed by atoms with E-state index in [-0.39, 0.29) is 0 Å². The van der Waals surface area contributed by atoms with Crippen molar-refractivity contribution < 1.29 is 19.3 Å². The van der Waals surface area contributed by atoms with Crippen molar-refractivity contribution in [1.29, 1.82) is 0 Å². The van der Waals surface area contributed by atoms with Crippen molar-refractivity contribution in [3.8, 4) is 17.2 Å². The summed E-state index contributed by atoms with van der Waals surface area (Å²) >= 11 is 0. The summed E-state index contributed by atoms with van der Waals surface area (Å²) < 4.78 is 16.3. The number of rotatable bonds is 7. The summed E-state index contributed by atoms with van der Waals surface area (Å²) in [5.41, 5.74) is 3.02. The van der Waals surface area contributed by atoms with Crippen molar-refractivity contribution in [2.75, 3.05) is 20.4 Å². The Bertz CT molecular complexity index is 1170. The van der Waals surface area contributed by atoms with E-state index in [9.17, 15) is 5.11 Å². The van der Waals surface area contributed by atoms with Crippen LogP contribution in [0.25, 0.3) is 10.9 Å². The molecule has 4 heterocycles. The van der Waals surface area contributed by atoms with Gasteiger partial charge in [0, 0.05) is 42.8 Å². The molecule has 3 aliphatic rings. The van der Waals surface area contributed by atoms with Gasteiger partial charge in [-0.1, -0.05) is 6.07 Å². The number of aromatic nitrogens is 1. The molecule has 0 saturated carbocycles. The zero-order chi connectivity index (χ0) is 23.1. The molecule has 1 aromatic heterocycles. The SMILES string of the molecule is COc1ccc2nccc(C(O)CN3C4CCC3CC(NCc3ccc5c(c3)OCO5)C4)c2c1. The van der Waals surface area contributed by atoms with Gasteiger partial charge in [0.2, 0.25) is 6.79 Å². The molecule has 7 heteroatoms. The van der Waals surface area contributed by atoms with Crippen molar-refractivity contribution in [3.63, 3.8) is 0 Å². The Morgan fingerprint density at radius 3 is 2.74 bits per heavy atom. The van der Waals surface area contributed by atoms with Gasteiger partial charge in [-0.3, -0.25) is 9.88 Å². The van der Waals surface area contributed by atoms with Crippen LogP contribution in [0.15, 0.2) is 48.7 Å². The van der Waals surface area contributed by atoms with Gasteiger partial charge in [-0.05, 0) is 73.2 Å². The van der Waals surface area contributed by atoms with Crippen LogP contribution >= 0.6 is 0 Å². The van der Waals surface area contributed by atoms with Gasteiger partial charge >= 0.3 is 0 Å². The number of pyridine rings is 1. The molecule has 7 nitrogen and oxygen atoms in total. The Labute approximate surface area is 199 Å². The van der Waals surface area contributed by atoms with Gasteiger partial charge < -0.3 is 24.6 Å². The number of nitrogens with one attached hydrogen (secondary N) is 1. The lowest BCUT2D eigenvalue weighted by Crippen LogP contribution is -2.50. The van der Waals surface area contributed by atoms with Crippen LogP contribution in [0.5, 0.6) is 17.2 Å². The number of fused-ring (bicyclic) bond motifs is 4. The first-order chi connectivity index (χ1) is 16.7. The molecule has 2 fully saturated rings. The van der Waals surface area contributed by atoms with Crippen LogP contribution in [-0.2, 0) is 6.54 Å². The average molecular weight is 462 g/mol. The molecule has 0 amide bonds. The smallest absolute Gasteiger partial charge is 0.231 e. The van der Waals surface area contributed by atoms with Crippen LogP contribution < -0.4 is 19.5 Å². The van der Waals surface area contributed by atoms with Crippen molar-refractivity contribution >= 4 is 10.9 Å². The highest BCUT2D eigenvalue weighted by molar-refractivity contribution is 5.83. The molecule has 3 atom stereocenters. The third-order valence-corrected chi connectivity index (χ3v) is 7.64. The maximum absolute atomic E-state index is 11.2. The second kappa shape index (κ2) is 9.06. The van der Waals surface area contributed by atoms with E-state index in [1.807, 2.05) is 30.3 Å². The molecule has 2 aromatic carbocycles. The Morgan fingerprint density at radius 1 is 1.09 bits per heavy atom. The summed E-state index contributed by atoms with van der Waals surface area (Å²) in [5.74, 6) is 2.45. The van der Waals surface area contributed by atoms with E-state index in [0.29, 0.717) is 31.5 Å². The maximum atomic E-state index is 11.2. The molecule has 0 spiro atoms. The molecule has 2 N–H and O–H groups in total. The third-order valence-electron chi connectivity index (χ3n) is 7.64. The van der Waals surface area contributed by atoms with E-state index < -0.39 is 6.10 Å². The van der Waals surface area contributed by atoms with E-state index in [1.54, 1.807) is 13.3 Å². The lowest BCUT2D eigenvalue weighted by atomic mass is 9.95. The zero-order valence-electron chi connectivity index (χ0n) is 19.4. The normalized spacial score (nSPS) is 24.5. The fraction of sp³-hybridized carbons (Fsp3) is 0.444. The number of hydrogen-bond donors (Lipinski definition) is 2. The Morgan fingerprint density at radius 2 is 1.91 bits per heavy atom. The summed E-state index contributed by atoms with van der Waals surface area (Å²) in [7, 11) is 1.66. The number of piperidine rings is 1. The fourth-order valence-electron chi connectivity index (χ4n) is 5.91. The monoisotopic (exact) mass is 461 g/mol. The summed E-state index contributed by atoms with van der Waals surface area (Å²) in [6, 6.07) is 15.4. The number of hydrogen-bond acceptors (Lipinski definition) is 7. The first kappa shape index (κ1) is 21.6. The van der Waals surface area contributed by atoms with Crippen LogP contribution in [0.3, 0.4) is 0 Å². The van der Waals surface area contributed by atoms with E-state index in [0.717, 1.165) is 53.1 Å². The minimum atomic E-state index is -0.557. The first-order valence-corrected chi connectivity index (χ1v) is 12.2. The number of methoxy groups -OCH3 is 1. The minimum absolute atomic E-state index is 0.308. The van der Waals surface area contributed by atoms with Gasteiger partial charge in [-0.25, -0.2) is 0 Å². The quantitative estimate of drug-likeness (QED) is 0.554. The van der Waals surface area contributed by atoms with Crippen LogP contribution in [-0.4, -0.2) is 53.6 Å². The molecule has 3 aliphatic heterocycles. The number of aliphatic hydroxyl groups excluding tert-OH is 1.